The van der Waals surface area contributed by atoms with Crippen molar-refractivity contribution in [2.24, 2.45) is 0 Å². The molecule has 0 spiro atoms. The van der Waals surface area contributed by atoms with Crippen molar-refractivity contribution in [2.75, 3.05) is 6.54 Å². The van der Waals surface area contributed by atoms with E-state index in [4.69, 9.17) is 14.6 Å². The van der Waals surface area contributed by atoms with Gasteiger partial charge in [0.15, 0.2) is 6.10 Å². The molecule has 0 radical (unpaired) electrons. The molecule has 3 rings (SSSR count). The number of benzene rings is 2. The minimum Gasteiger partial charge on any atom is -0.489 e. The van der Waals surface area contributed by atoms with Crippen molar-refractivity contribution in [3.05, 3.63) is 65.7 Å². The second-order valence-electron chi connectivity index (χ2n) is 6.49. The van der Waals surface area contributed by atoms with E-state index in [0.29, 0.717) is 32.4 Å². The van der Waals surface area contributed by atoms with Crippen LogP contribution in [0.1, 0.15) is 24.0 Å². The van der Waals surface area contributed by atoms with Crippen LogP contribution in [-0.2, 0) is 27.4 Å². The topological polar surface area (TPSA) is 84.9 Å². The van der Waals surface area contributed by atoms with Gasteiger partial charge >= 0.3 is 5.97 Å². The number of carbonyl (C=O) groups is 2. The highest BCUT2D eigenvalue weighted by molar-refractivity contribution is 5.82. The van der Waals surface area contributed by atoms with E-state index in [1.54, 1.807) is 0 Å². The van der Waals surface area contributed by atoms with Gasteiger partial charge in [-0.05, 0) is 42.5 Å². The summed E-state index contributed by atoms with van der Waals surface area (Å²) in [6.07, 6.45) is -0.0440. The fourth-order valence-corrected chi connectivity index (χ4v) is 2.95. The van der Waals surface area contributed by atoms with Crippen LogP contribution < -0.4 is 10.1 Å². The Balaban J connectivity index is 1.38. The number of aliphatic carboxylic acids is 1. The minimum absolute atomic E-state index is 0.249. The van der Waals surface area contributed by atoms with Crippen LogP contribution in [0.25, 0.3) is 0 Å². The SMILES string of the molecule is O=C(NCCc1ccc(OCc2ccccc2)cc1)[C@@H]1CC[C@H](C(=O)O)O1. The first kappa shape index (κ1) is 18.9. The summed E-state index contributed by atoms with van der Waals surface area (Å²) in [6.45, 7) is 0.996. The van der Waals surface area contributed by atoms with Gasteiger partial charge in [0, 0.05) is 6.54 Å². The molecule has 1 aliphatic rings. The molecule has 0 saturated carbocycles. The molecule has 1 aliphatic heterocycles. The van der Waals surface area contributed by atoms with Crippen molar-refractivity contribution < 1.29 is 24.2 Å². The third kappa shape index (κ3) is 5.56. The third-order valence-corrected chi connectivity index (χ3v) is 4.47. The lowest BCUT2D eigenvalue weighted by atomic mass is 10.1. The Morgan fingerprint density at radius 1 is 1.00 bits per heavy atom. The number of hydrogen-bond donors (Lipinski definition) is 2. The highest BCUT2D eigenvalue weighted by Gasteiger charge is 2.34. The molecule has 2 N–H and O–H groups in total. The molecule has 0 aliphatic carbocycles. The van der Waals surface area contributed by atoms with Crippen molar-refractivity contribution >= 4 is 11.9 Å². The van der Waals surface area contributed by atoms with Gasteiger partial charge in [-0.1, -0.05) is 42.5 Å². The zero-order chi connectivity index (χ0) is 19.1. The van der Waals surface area contributed by atoms with E-state index in [9.17, 15) is 9.59 Å². The summed E-state index contributed by atoms with van der Waals surface area (Å²) in [5.41, 5.74) is 2.20. The molecule has 0 bridgehead atoms. The van der Waals surface area contributed by atoms with Gasteiger partial charge in [-0.15, -0.1) is 0 Å². The summed E-state index contributed by atoms with van der Waals surface area (Å²) >= 11 is 0. The molecule has 6 nitrogen and oxygen atoms in total. The van der Waals surface area contributed by atoms with Crippen LogP contribution in [0.2, 0.25) is 0 Å². The van der Waals surface area contributed by atoms with Crippen molar-refractivity contribution in [3.63, 3.8) is 0 Å². The largest absolute Gasteiger partial charge is 0.489 e. The summed E-state index contributed by atoms with van der Waals surface area (Å²) < 4.78 is 11.0. The van der Waals surface area contributed by atoms with E-state index in [2.05, 4.69) is 5.32 Å². The number of carboxylic acid groups (broad SMARTS) is 1. The maximum atomic E-state index is 12.0. The summed E-state index contributed by atoms with van der Waals surface area (Å²) in [6, 6.07) is 17.7. The smallest absolute Gasteiger partial charge is 0.332 e. The number of ether oxygens (including phenoxy) is 2. The molecule has 1 fully saturated rings. The van der Waals surface area contributed by atoms with E-state index >= 15 is 0 Å². The average molecular weight is 369 g/mol. The van der Waals surface area contributed by atoms with Gasteiger partial charge in [0.25, 0.3) is 0 Å². The Morgan fingerprint density at radius 3 is 2.37 bits per heavy atom. The Labute approximate surface area is 158 Å². The van der Waals surface area contributed by atoms with Crippen LogP contribution in [-0.4, -0.2) is 35.7 Å². The number of hydrogen-bond acceptors (Lipinski definition) is 4. The van der Waals surface area contributed by atoms with Gasteiger partial charge in [0.2, 0.25) is 5.91 Å². The van der Waals surface area contributed by atoms with Crippen molar-refractivity contribution in [1.82, 2.24) is 5.32 Å². The minimum atomic E-state index is -1.01. The molecular formula is C21H23NO5. The van der Waals surface area contributed by atoms with E-state index < -0.39 is 18.2 Å². The van der Waals surface area contributed by atoms with Crippen LogP contribution in [0, 0.1) is 0 Å². The highest BCUT2D eigenvalue weighted by atomic mass is 16.5. The number of amides is 1. The van der Waals surface area contributed by atoms with Gasteiger partial charge < -0.3 is 19.9 Å². The summed E-state index contributed by atoms with van der Waals surface area (Å²) in [5.74, 6) is -0.466. The molecule has 27 heavy (non-hydrogen) atoms. The maximum Gasteiger partial charge on any atom is 0.332 e. The predicted molar refractivity (Wildman–Crippen MR) is 99.5 cm³/mol. The molecule has 0 aromatic heterocycles. The molecule has 2 aromatic carbocycles. The van der Waals surface area contributed by atoms with Crippen molar-refractivity contribution in [1.29, 1.82) is 0 Å². The van der Waals surface area contributed by atoms with Crippen molar-refractivity contribution in [2.45, 2.75) is 38.1 Å². The van der Waals surface area contributed by atoms with Gasteiger partial charge in [0.1, 0.15) is 18.5 Å². The molecular weight excluding hydrogens is 346 g/mol. The Bertz CT molecular complexity index is 760. The molecule has 0 unspecified atom stereocenters. The second kappa shape index (κ2) is 9.19. The third-order valence-electron chi connectivity index (χ3n) is 4.47. The summed E-state index contributed by atoms with van der Waals surface area (Å²) in [5, 5.41) is 11.7. The number of nitrogens with one attached hydrogen (secondary N) is 1. The lowest BCUT2D eigenvalue weighted by Crippen LogP contribution is -2.36. The highest BCUT2D eigenvalue weighted by Crippen LogP contribution is 2.20. The Hall–Kier alpha value is -2.86. The zero-order valence-electron chi connectivity index (χ0n) is 15.0. The summed E-state index contributed by atoms with van der Waals surface area (Å²) in [4.78, 5) is 22.9. The van der Waals surface area contributed by atoms with Gasteiger partial charge in [0.05, 0.1) is 0 Å². The second-order valence-corrected chi connectivity index (χ2v) is 6.49. The van der Waals surface area contributed by atoms with Crippen LogP contribution in [0.4, 0.5) is 0 Å². The molecule has 2 aromatic rings. The summed E-state index contributed by atoms with van der Waals surface area (Å²) in [7, 11) is 0. The van der Waals surface area contributed by atoms with Crippen LogP contribution >= 0.6 is 0 Å². The Kier molecular flexibility index (Phi) is 6.44. The van der Waals surface area contributed by atoms with Gasteiger partial charge in [-0.2, -0.15) is 0 Å². The first-order chi connectivity index (χ1) is 13.1. The van der Waals surface area contributed by atoms with E-state index in [1.165, 1.54) is 0 Å². The van der Waals surface area contributed by atoms with E-state index in [1.807, 2.05) is 54.6 Å². The molecule has 1 heterocycles. The molecule has 1 amide bonds. The fraction of sp³-hybridized carbons (Fsp3) is 0.333. The first-order valence-corrected chi connectivity index (χ1v) is 9.03. The van der Waals surface area contributed by atoms with Gasteiger partial charge in [-0.3, -0.25) is 4.79 Å². The maximum absolute atomic E-state index is 12.0. The zero-order valence-corrected chi connectivity index (χ0v) is 15.0. The number of carbonyl (C=O) groups excluding carboxylic acids is 1. The lowest BCUT2D eigenvalue weighted by molar-refractivity contribution is -0.151. The van der Waals surface area contributed by atoms with Crippen LogP contribution in [0.15, 0.2) is 54.6 Å². The predicted octanol–water partition coefficient (Wildman–Crippen LogP) is 2.56. The fourth-order valence-electron chi connectivity index (χ4n) is 2.95. The molecule has 6 heteroatoms. The monoisotopic (exact) mass is 369 g/mol. The quantitative estimate of drug-likeness (QED) is 0.747. The van der Waals surface area contributed by atoms with E-state index in [0.717, 1.165) is 16.9 Å². The van der Waals surface area contributed by atoms with Crippen molar-refractivity contribution in [3.8, 4) is 5.75 Å². The van der Waals surface area contributed by atoms with Gasteiger partial charge in [-0.25, -0.2) is 4.79 Å². The van der Waals surface area contributed by atoms with E-state index in [-0.39, 0.29) is 5.91 Å². The lowest BCUT2D eigenvalue weighted by Gasteiger charge is -2.12. The number of carboxylic acids is 1. The van der Waals surface area contributed by atoms with Crippen LogP contribution in [0.5, 0.6) is 5.75 Å². The molecule has 1 saturated heterocycles. The molecule has 142 valence electrons. The standard InChI is InChI=1S/C21H23NO5/c23-20(18-10-11-19(27-18)21(24)25)22-13-12-15-6-8-17(9-7-15)26-14-16-4-2-1-3-5-16/h1-9,18-19H,10-14H2,(H,22,23)(H,24,25)/t18-,19+/m0/s1. The normalized spacial score (nSPS) is 18.8. The number of rotatable bonds is 8. The van der Waals surface area contributed by atoms with Crippen LogP contribution in [0.3, 0.4) is 0 Å². The molecule has 2 atom stereocenters. The Morgan fingerprint density at radius 2 is 1.70 bits per heavy atom. The first-order valence-electron chi connectivity index (χ1n) is 9.03. The average Bonchev–Trinajstić information content (AvgIpc) is 3.19.